The summed E-state index contributed by atoms with van der Waals surface area (Å²) in [6.45, 7) is 7.30. The van der Waals surface area contributed by atoms with Gasteiger partial charge in [-0.1, -0.05) is 63.8 Å². The average Bonchev–Trinajstić information content (AvgIpc) is 2.40. The summed E-state index contributed by atoms with van der Waals surface area (Å²) in [5.41, 5.74) is 0. The van der Waals surface area contributed by atoms with Crippen molar-refractivity contribution < 1.29 is 9.53 Å². The third-order valence-corrected chi connectivity index (χ3v) is 3.36. The minimum absolute atomic E-state index is 0.140. The summed E-state index contributed by atoms with van der Waals surface area (Å²) in [4.78, 5) is 11.0. The molecule has 0 saturated carbocycles. The van der Waals surface area contributed by atoms with Crippen molar-refractivity contribution in [3.05, 3.63) is 24.8 Å². The van der Waals surface area contributed by atoms with Gasteiger partial charge in [0.25, 0.3) is 0 Å². The maximum absolute atomic E-state index is 11.0. The van der Waals surface area contributed by atoms with Crippen molar-refractivity contribution >= 4 is 5.97 Å². The van der Waals surface area contributed by atoms with Crippen LogP contribution in [-0.2, 0) is 9.53 Å². The Hall–Kier alpha value is -1.05. The zero-order valence-corrected chi connectivity index (χ0v) is 13.4. The van der Waals surface area contributed by atoms with Crippen molar-refractivity contribution in [2.75, 3.05) is 0 Å². The highest BCUT2D eigenvalue weighted by Gasteiger charge is 2.10. The molecular weight excluding hydrogens is 248 g/mol. The van der Waals surface area contributed by atoms with Gasteiger partial charge < -0.3 is 4.74 Å². The van der Waals surface area contributed by atoms with Crippen LogP contribution in [0.2, 0.25) is 0 Å². The lowest BCUT2D eigenvalue weighted by Gasteiger charge is -2.15. The molecule has 0 N–H and O–H groups in total. The fourth-order valence-electron chi connectivity index (χ4n) is 2.35. The lowest BCUT2D eigenvalue weighted by atomic mass is 10.0. The van der Waals surface area contributed by atoms with Crippen LogP contribution in [-0.4, -0.2) is 12.1 Å². The van der Waals surface area contributed by atoms with Crippen LogP contribution in [0.5, 0.6) is 0 Å². The first kappa shape index (κ1) is 18.9. The van der Waals surface area contributed by atoms with Gasteiger partial charge in [0.2, 0.25) is 0 Å². The third kappa shape index (κ3) is 13.4. The van der Waals surface area contributed by atoms with Gasteiger partial charge in [0.1, 0.15) is 6.10 Å². The number of carbonyl (C=O) groups excluding carboxylic acids is 1. The number of unbranched alkanes of at least 4 members (excludes halogenated alkanes) is 6. The molecule has 20 heavy (non-hydrogen) atoms. The van der Waals surface area contributed by atoms with Crippen LogP contribution in [0.4, 0.5) is 0 Å². The van der Waals surface area contributed by atoms with E-state index < -0.39 is 0 Å². The lowest BCUT2D eigenvalue weighted by Crippen LogP contribution is -2.15. The van der Waals surface area contributed by atoms with Gasteiger partial charge in [0.05, 0.1) is 0 Å². The molecule has 0 heterocycles. The van der Waals surface area contributed by atoms with Crippen molar-refractivity contribution in [1.82, 2.24) is 0 Å². The van der Waals surface area contributed by atoms with Crippen molar-refractivity contribution in [3.8, 4) is 0 Å². The summed E-state index contributed by atoms with van der Waals surface area (Å²) in [6.07, 6.45) is 18.1. The number of hydrogen-bond donors (Lipinski definition) is 0. The standard InChI is InChI=1S/C18H32O2/c1-4-6-7-8-9-10-11-12-13-14-16-18(15-5-2)20-17(3)19/h4,6-7,18H,1,5,8-16H2,2-3H3. The molecule has 0 rings (SSSR count). The predicted octanol–water partition coefficient (Wildman–Crippen LogP) is 5.58. The fourth-order valence-corrected chi connectivity index (χ4v) is 2.35. The molecule has 0 fully saturated rings. The lowest BCUT2D eigenvalue weighted by molar-refractivity contribution is -0.147. The minimum Gasteiger partial charge on any atom is -0.463 e. The quantitative estimate of drug-likeness (QED) is 0.250. The number of ether oxygens (including phenoxy) is 1. The van der Waals surface area contributed by atoms with Crippen LogP contribution in [0.15, 0.2) is 24.8 Å². The molecule has 0 aromatic carbocycles. The van der Waals surface area contributed by atoms with E-state index in [1.807, 2.05) is 12.2 Å². The first-order valence-corrected chi connectivity index (χ1v) is 8.15. The number of esters is 1. The van der Waals surface area contributed by atoms with Gasteiger partial charge in [-0.15, -0.1) is 0 Å². The number of allylic oxidation sites excluding steroid dienone is 3. The Kier molecular flexibility index (Phi) is 13.6. The first-order valence-electron chi connectivity index (χ1n) is 8.15. The van der Waals surface area contributed by atoms with Crippen molar-refractivity contribution in [2.45, 2.75) is 84.2 Å². The number of carbonyl (C=O) groups is 1. The summed E-state index contributed by atoms with van der Waals surface area (Å²) in [5.74, 6) is -0.143. The van der Waals surface area contributed by atoms with Crippen LogP contribution in [0, 0.1) is 0 Å². The molecule has 116 valence electrons. The van der Waals surface area contributed by atoms with Gasteiger partial charge in [-0.2, -0.15) is 0 Å². The molecule has 0 radical (unpaired) electrons. The molecular formula is C18H32O2. The summed E-state index contributed by atoms with van der Waals surface area (Å²) in [5, 5.41) is 0. The van der Waals surface area contributed by atoms with E-state index >= 15 is 0 Å². The third-order valence-electron chi connectivity index (χ3n) is 3.36. The Morgan fingerprint density at radius 2 is 1.75 bits per heavy atom. The molecule has 0 saturated heterocycles. The molecule has 1 unspecified atom stereocenters. The van der Waals surface area contributed by atoms with Crippen LogP contribution >= 0.6 is 0 Å². The molecule has 2 nitrogen and oxygen atoms in total. The van der Waals surface area contributed by atoms with E-state index in [1.54, 1.807) is 0 Å². The minimum atomic E-state index is -0.143. The fraction of sp³-hybridized carbons (Fsp3) is 0.722. The topological polar surface area (TPSA) is 26.3 Å². The number of hydrogen-bond acceptors (Lipinski definition) is 2. The second-order valence-corrected chi connectivity index (χ2v) is 5.38. The zero-order chi connectivity index (χ0) is 15.1. The van der Waals surface area contributed by atoms with Gasteiger partial charge in [-0.3, -0.25) is 4.79 Å². The Morgan fingerprint density at radius 3 is 2.35 bits per heavy atom. The van der Waals surface area contributed by atoms with E-state index in [0.717, 1.165) is 25.7 Å². The smallest absolute Gasteiger partial charge is 0.302 e. The van der Waals surface area contributed by atoms with Gasteiger partial charge in [-0.05, 0) is 32.1 Å². The van der Waals surface area contributed by atoms with Crippen LogP contribution in [0.25, 0.3) is 0 Å². The monoisotopic (exact) mass is 280 g/mol. The van der Waals surface area contributed by atoms with Crippen LogP contribution < -0.4 is 0 Å². The van der Waals surface area contributed by atoms with E-state index in [1.165, 1.54) is 45.4 Å². The Bertz CT molecular complexity index is 269. The normalized spacial score (nSPS) is 12.5. The highest BCUT2D eigenvalue weighted by Crippen LogP contribution is 2.14. The SMILES string of the molecule is C=CC=CCCCCCCCCC(CCC)OC(C)=O. The maximum Gasteiger partial charge on any atom is 0.302 e. The van der Waals surface area contributed by atoms with Crippen molar-refractivity contribution in [3.63, 3.8) is 0 Å². The molecule has 0 spiro atoms. The van der Waals surface area contributed by atoms with E-state index in [2.05, 4.69) is 19.6 Å². The molecule has 0 amide bonds. The van der Waals surface area contributed by atoms with Crippen LogP contribution in [0.3, 0.4) is 0 Å². The summed E-state index contributed by atoms with van der Waals surface area (Å²) in [6, 6.07) is 0. The molecule has 0 aromatic heterocycles. The zero-order valence-electron chi connectivity index (χ0n) is 13.4. The van der Waals surface area contributed by atoms with E-state index in [4.69, 9.17) is 4.74 Å². The summed E-state index contributed by atoms with van der Waals surface area (Å²) in [7, 11) is 0. The van der Waals surface area contributed by atoms with Crippen LogP contribution in [0.1, 0.15) is 78.1 Å². The largest absolute Gasteiger partial charge is 0.463 e. The molecule has 0 aliphatic carbocycles. The van der Waals surface area contributed by atoms with E-state index in [0.29, 0.717) is 0 Å². The first-order chi connectivity index (χ1) is 9.70. The van der Waals surface area contributed by atoms with Gasteiger partial charge in [-0.25, -0.2) is 0 Å². The Balaban J connectivity index is 3.42. The van der Waals surface area contributed by atoms with E-state index in [-0.39, 0.29) is 12.1 Å². The second kappa shape index (κ2) is 14.4. The highest BCUT2D eigenvalue weighted by atomic mass is 16.5. The van der Waals surface area contributed by atoms with Gasteiger partial charge in [0.15, 0.2) is 0 Å². The molecule has 1 atom stereocenters. The predicted molar refractivity (Wildman–Crippen MR) is 86.7 cm³/mol. The summed E-state index contributed by atoms with van der Waals surface area (Å²) >= 11 is 0. The van der Waals surface area contributed by atoms with Crippen molar-refractivity contribution in [1.29, 1.82) is 0 Å². The Labute approximate surface area is 125 Å². The highest BCUT2D eigenvalue weighted by molar-refractivity contribution is 5.66. The molecule has 0 aliphatic rings. The maximum atomic E-state index is 11.0. The molecule has 0 aromatic rings. The van der Waals surface area contributed by atoms with Gasteiger partial charge in [0, 0.05) is 6.92 Å². The molecule has 0 aliphatic heterocycles. The average molecular weight is 280 g/mol. The molecule has 0 bridgehead atoms. The molecule has 2 heteroatoms. The van der Waals surface area contributed by atoms with Gasteiger partial charge >= 0.3 is 5.97 Å². The second-order valence-electron chi connectivity index (χ2n) is 5.38. The Morgan fingerprint density at radius 1 is 1.10 bits per heavy atom. The summed E-state index contributed by atoms with van der Waals surface area (Å²) < 4.78 is 5.32. The van der Waals surface area contributed by atoms with E-state index in [9.17, 15) is 4.79 Å². The van der Waals surface area contributed by atoms with Crippen molar-refractivity contribution in [2.24, 2.45) is 0 Å². The number of rotatable bonds is 13.